The molecule has 3 aromatic rings. The summed E-state index contributed by atoms with van der Waals surface area (Å²) in [7, 11) is 0. The molecule has 0 heterocycles. The Bertz CT molecular complexity index is 839. The number of phenolic OH excluding ortho intramolecular Hbond substituents is 1. The van der Waals surface area contributed by atoms with Gasteiger partial charge in [-0.2, -0.15) is 0 Å². The molecule has 0 saturated carbocycles. The van der Waals surface area contributed by atoms with Gasteiger partial charge < -0.3 is 5.11 Å². The first-order valence-corrected chi connectivity index (χ1v) is 6.59. The standard InChI is InChI=1S/C18H13FO2/c1-11-9-16(20)14-8-7-13(19)10-15(14)17(11)18(21)12-5-3-2-4-6-12/h2-10,20H,1H3. The third-order valence-electron chi connectivity index (χ3n) is 3.54. The summed E-state index contributed by atoms with van der Waals surface area (Å²) in [4.78, 5) is 12.7. The molecule has 0 radical (unpaired) electrons. The minimum atomic E-state index is -0.436. The monoisotopic (exact) mass is 280 g/mol. The van der Waals surface area contributed by atoms with Crippen molar-refractivity contribution in [3.63, 3.8) is 0 Å². The molecule has 0 aromatic heterocycles. The predicted molar refractivity (Wildman–Crippen MR) is 80.2 cm³/mol. The number of aromatic hydroxyl groups is 1. The Morgan fingerprint density at radius 3 is 2.43 bits per heavy atom. The molecule has 21 heavy (non-hydrogen) atoms. The highest BCUT2D eigenvalue weighted by Crippen LogP contribution is 2.32. The molecule has 3 heteroatoms. The van der Waals surface area contributed by atoms with Gasteiger partial charge in [0.2, 0.25) is 0 Å². The van der Waals surface area contributed by atoms with Crippen molar-refractivity contribution in [3.05, 3.63) is 77.1 Å². The minimum absolute atomic E-state index is 0.0483. The summed E-state index contributed by atoms with van der Waals surface area (Å²) < 4.78 is 13.6. The van der Waals surface area contributed by atoms with Gasteiger partial charge in [0.15, 0.2) is 5.78 Å². The summed E-state index contributed by atoms with van der Waals surface area (Å²) in [6.07, 6.45) is 0. The first kappa shape index (κ1) is 13.3. The van der Waals surface area contributed by atoms with Crippen molar-refractivity contribution in [3.8, 4) is 5.75 Å². The van der Waals surface area contributed by atoms with Gasteiger partial charge in [-0.15, -0.1) is 0 Å². The van der Waals surface area contributed by atoms with Gasteiger partial charge in [-0.1, -0.05) is 30.3 Å². The molecule has 0 atom stereocenters. The van der Waals surface area contributed by atoms with E-state index in [0.29, 0.717) is 27.5 Å². The van der Waals surface area contributed by atoms with Gasteiger partial charge in [0, 0.05) is 16.5 Å². The van der Waals surface area contributed by atoms with Crippen molar-refractivity contribution in [1.29, 1.82) is 0 Å². The van der Waals surface area contributed by atoms with E-state index >= 15 is 0 Å². The Balaban J connectivity index is 2.32. The van der Waals surface area contributed by atoms with Crippen LogP contribution in [0.3, 0.4) is 0 Å². The number of halogens is 1. The highest BCUT2D eigenvalue weighted by molar-refractivity contribution is 6.18. The Labute approximate surface area is 121 Å². The molecule has 1 N–H and O–H groups in total. The number of ketones is 1. The molecule has 0 saturated heterocycles. The number of phenols is 1. The highest BCUT2D eigenvalue weighted by atomic mass is 19.1. The summed E-state index contributed by atoms with van der Waals surface area (Å²) in [6, 6.07) is 14.4. The third kappa shape index (κ3) is 2.27. The smallest absolute Gasteiger partial charge is 0.193 e. The quantitative estimate of drug-likeness (QED) is 0.713. The lowest BCUT2D eigenvalue weighted by molar-refractivity contribution is 0.104. The number of carbonyl (C=O) groups excluding carboxylic acids is 1. The van der Waals surface area contributed by atoms with E-state index in [2.05, 4.69) is 0 Å². The van der Waals surface area contributed by atoms with Crippen molar-refractivity contribution >= 4 is 16.6 Å². The number of hydrogen-bond donors (Lipinski definition) is 1. The number of hydrogen-bond acceptors (Lipinski definition) is 2. The molecule has 0 aliphatic heterocycles. The molecule has 2 nitrogen and oxygen atoms in total. The molecule has 0 aliphatic carbocycles. The van der Waals surface area contributed by atoms with E-state index in [9.17, 15) is 14.3 Å². The van der Waals surface area contributed by atoms with Gasteiger partial charge in [0.05, 0.1) is 0 Å². The number of benzene rings is 3. The Morgan fingerprint density at radius 1 is 1.00 bits per heavy atom. The molecule has 0 amide bonds. The summed E-state index contributed by atoms with van der Waals surface area (Å²) >= 11 is 0. The van der Waals surface area contributed by atoms with Gasteiger partial charge in [0.25, 0.3) is 0 Å². The summed E-state index contributed by atoms with van der Waals surface area (Å²) in [5, 5.41) is 10.9. The van der Waals surface area contributed by atoms with Crippen LogP contribution in [-0.2, 0) is 0 Å². The van der Waals surface area contributed by atoms with Crippen LogP contribution >= 0.6 is 0 Å². The van der Waals surface area contributed by atoms with E-state index in [4.69, 9.17) is 0 Å². The van der Waals surface area contributed by atoms with Crippen LogP contribution < -0.4 is 0 Å². The average molecular weight is 280 g/mol. The fraction of sp³-hybridized carbons (Fsp3) is 0.0556. The van der Waals surface area contributed by atoms with Gasteiger partial charge in [-0.25, -0.2) is 4.39 Å². The zero-order valence-electron chi connectivity index (χ0n) is 11.4. The molecule has 3 aromatic carbocycles. The number of aryl methyl sites for hydroxylation is 1. The average Bonchev–Trinajstić information content (AvgIpc) is 2.47. The largest absolute Gasteiger partial charge is 0.507 e. The maximum atomic E-state index is 13.6. The fourth-order valence-electron chi connectivity index (χ4n) is 2.55. The van der Waals surface area contributed by atoms with Crippen LogP contribution in [0.4, 0.5) is 4.39 Å². The highest BCUT2D eigenvalue weighted by Gasteiger charge is 2.17. The zero-order chi connectivity index (χ0) is 15.0. The van der Waals surface area contributed by atoms with E-state index in [-0.39, 0.29) is 11.5 Å². The SMILES string of the molecule is Cc1cc(O)c2ccc(F)cc2c1C(=O)c1ccccc1. The Morgan fingerprint density at radius 2 is 1.71 bits per heavy atom. The van der Waals surface area contributed by atoms with E-state index in [1.54, 1.807) is 31.2 Å². The lowest BCUT2D eigenvalue weighted by Gasteiger charge is -2.11. The van der Waals surface area contributed by atoms with E-state index in [0.717, 1.165) is 0 Å². The first-order valence-electron chi connectivity index (χ1n) is 6.59. The second-order valence-electron chi connectivity index (χ2n) is 4.97. The molecule has 0 spiro atoms. The first-order chi connectivity index (χ1) is 10.1. The van der Waals surface area contributed by atoms with Gasteiger partial charge >= 0.3 is 0 Å². The normalized spacial score (nSPS) is 10.8. The molecule has 3 rings (SSSR count). The molecule has 0 fully saturated rings. The minimum Gasteiger partial charge on any atom is -0.507 e. The van der Waals surface area contributed by atoms with Crippen LogP contribution in [-0.4, -0.2) is 10.9 Å². The van der Waals surface area contributed by atoms with Crippen LogP contribution in [0.2, 0.25) is 0 Å². The van der Waals surface area contributed by atoms with Crippen LogP contribution in [0.1, 0.15) is 21.5 Å². The molecule has 104 valence electrons. The van der Waals surface area contributed by atoms with Crippen LogP contribution in [0.15, 0.2) is 54.6 Å². The molecular weight excluding hydrogens is 267 g/mol. The van der Waals surface area contributed by atoms with E-state index in [1.165, 1.54) is 24.3 Å². The van der Waals surface area contributed by atoms with Crippen LogP contribution in [0.25, 0.3) is 10.8 Å². The van der Waals surface area contributed by atoms with Crippen molar-refractivity contribution < 1.29 is 14.3 Å². The summed E-state index contributed by atoms with van der Waals surface area (Å²) in [5.74, 6) is -0.564. The maximum Gasteiger partial charge on any atom is 0.193 e. The van der Waals surface area contributed by atoms with E-state index in [1.807, 2.05) is 6.07 Å². The van der Waals surface area contributed by atoms with E-state index < -0.39 is 5.82 Å². The second kappa shape index (κ2) is 5.02. The predicted octanol–water partition coefficient (Wildman–Crippen LogP) is 4.22. The van der Waals surface area contributed by atoms with Crippen molar-refractivity contribution in [1.82, 2.24) is 0 Å². The van der Waals surface area contributed by atoms with Crippen molar-refractivity contribution in [2.45, 2.75) is 6.92 Å². The van der Waals surface area contributed by atoms with Gasteiger partial charge in [-0.3, -0.25) is 4.79 Å². The molecular formula is C18H13FO2. The van der Waals surface area contributed by atoms with Gasteiger partial charge in [-0.05, 0) is 42.1 Å². The van der Waals surface area contributed by atoms with Crippen LogP contribution in [0, 0.1) is 12.7 Å². The zero-order valence-corrected chi connectivity index (χ0v) is 11.4. The lowest BCUT2D eigenvalue weighted by atomic mass is 9.92. The number of carbonyl (C=O) groups is 1. The Kier molecular flexibility index (Phi) is 3.18. The summed E-state index contributed by atoms with van der Waals surface area (Å²) in [5.41, 5.74) is 1.59. The second-order valence-corrected chi connectivity index (χ2v) is 4.97. The van der Waals surface area contributed by atoms with Gasteiger partial charge in [0.1, 0.15) is 11.6 Å². The molecule has 0 bridgehead atoms. The number of rotatable bonds is 2. The van der Waals surface area contributed by atoms with Crippen molar-refractivity contribution in [2.24, 2.45) is 0 Å². The summed E-state index contributed by atoms with van der Waals surface area (Å²) in [6.45, 7) is 1.74. The van der Waals surface area contributed by atoms with Crippen molar-refractivity contribution in [2.75, 3.05) is 0 Å². The lowest BCUT2D eigenvalue weighted by Crippen LogP contribution is -2.05. The molecule has 0 unspecified atom stereocenters. The third-order valence-corrected chi connectivity index (χ3v) is 3.54. The van der Waals surface area contributed by atoms with Crippen LogP contribution in [0.5, 0.6) is 5.75 Å². The number of fused-ring (bicyclic) bond motifs is 1. The Hall–Kier alpha value is -2.68. The topological polar surface area (TPSA) is 37.3 Å². The fourth-order valence-corrected chi connectivity index (χ4v) is 2.55. The maximum absolute atomic E-state index is 13.6. The molecule has 0 aliphatic rings.